The Hall–Kier alpha value is -1.53. The van der Waals surface area contributed by atoms with Gasteiger partial charge < -0.3 is 5.32 Å². The van der Waals surface area contributed by atoms with E-state index in [0.717, 1.165) is 36.0 Å². The second-order valence-electron chi connectivity index (χ2n) is 5.41. The van der Waals surface area contributed by atoms with Gasteiger partial charge in [-0.05, 0) is 49.7 Å². The number of H-pyrrole nitrogens is 1. The van der Waals surface area contributed by atoms with Gasteiger partial charge >= 0.3 is 5.69 Å². The highest BCUT2D eigenvalue weighted by Gasteiger charge is 2.28. The largest absolute Gasteiger partial charge is 0.344 e. The van der Waals surface area contributed by atoms with E-state index in [1.54, 1.807) is 16.3 Å². The van der Waals surface area contributed by atoms with Gasteiger partial charge in [-0.3, -0.25) is 4.57 Å². The Kier molecular flexibility index (Phi) is 4.17. The molecular formula is C15H20N4OS. The van der Waals surface area contributed by atoms with Crippen molar-refractivity contribution in [1.29, 1.82) is 0 Å². The molecule has 6 heteroatoms. The van der Waals surface area contributed by atoms with E-state index in [1.165, 1.54) is 11.1 Å². The van der Waals surface area contributed by atoms with Crippen molar-refractivity contribution in [2.75, 3.05) is 6.54 Å². The highest BCUT2D eigenvalue weighted by molar-refractivity contribution is 7.99. The molecule has 1 aromatic heterocycles. The number of aromatic amines is 1. The summed E-state index contributed by atoms with van der Waals surface area (Å²) in [6.45, 7) is 5.96. The van der Waals surface area contributed by atoms with Gasteiger partial charge in [-0.2, -0.15) is 0 Å². The van der Waals surface area contributed by atoms with Gasteiger partial charge in [0, 0.05) is 17.5 Å². The quantitative estimate of drug-likeness (QED) is 0.860. The van der Waals surface area contributed by atoms with Crippen LogP contribution in [0.5, 0.6) is 0 Å². The third-order valence-corrected chi connectivity index (χ3v) is 4.66. The maximum absolute atomic E-state index is 11.8. The lowest BCUT2D eigenvalue weighted by Gasteiger charge is -2.11. The lowest BCUT2D eigenvalue weighted by Crippen LogP contribution is -2.16. The first kappa shape index (κ1) is 14.4. The fourth-order valence-corrected chi connectivity index (χ4v) is 3.34. The Morgan fingerprint density at radius 1 is 1.48 bits per heavy atom. The summed E-state index contributed by atoms with van der Waals surface area (Å²) >= 11 is 1.57. The molecule has 0 aliphatic heterocycles. The molecule has 2 N–H and O–H groups in total. The van der Waals surface area contributed by atoms with Gasteiger partial charge in [0.1, 0.15) is 0 Å². The lowest BCUT2D eigenvalue weighted by atomic mass is 10.1. The molecule has 0 bridgehead atoms. The van der Waals surface area contributed by atoms with Crippen molar-refractivity contribution in [3.05, 3.63) is 39.8 Å². The summed E-state index contributed by atoms with van der Waals surface area (Å²) in [4.78, 5) is 13.0. The monoisotopic (exact) mass is 304 g/mol. The molecule has 1 aromatic carbocycles. The number of aryl methyl sites for hydroxylation is 1. The van der Waals surface area contributed by atoms with Crippen LogP contribution in [0.2, 0.25) is 0 Å². The van der Waals surface area contributed by atoms with Crippen LogP contribution in [-0.2, 0) is 6.54 Å². The fraction of sp³-hybridized carbons (Fsp3) is 0.467. The van der Waals surface area contributed by atoms with Gasteiger partial charge in [-0.1, -0.05) is 24.6 Å². The number of hydrogen-bond donors (Lipinski definition) is 2. The molecule has 1 aliphatic carbocycles. The minimum Gasteiger partial charge on any atom is -0.313 e. The van der Waals surface area contributed by atoms with E-state index in [9.17, 15) is 4.79 Å². The van der Waals surface area contributed by atoms with Gasteiger partial charge in [-0.15, -0.1) is 5.10 Å². The molecule has 1 saturated carbocycles. The van der Waals surface area contributed by atoms with Gasteiger partial charge in [0.25, 0.3) is 0 Å². The summed E-state index contributed by atoms with van der Waals surface area (Å²) in [7, 11) is 0. The van der Waals surface area contributed by atoms with Crippen molar-refractivity contribution in [2.45, 2.75) is 49.3 Å². The number of nitrogens with one attached hydrogen (secondary N) is 2. The standard InChI is InChI=1S/C15H20N4OS/c1-3-16-9-11-8-10(2)4-7-13(11)21-15-18-17-14(20)19(15)12-5-6-12/h4,7-8,12,16H,3,5-6,9H2,1-2H3,(H,17,20). The van der Waals surface area contributed by atoms with E-state index in [2.05, 4.69) is 47.6 Å². The second-order valence-corrected chi connectivity index (χ2v) is 6.42. The van der Waals surface area contributed by atoms with Gasteiger partial charge in [-0.25, -0.2) is 9.89 Å². The first-order chi connectivity index (χ1) is 10.2. The summed E-state index contributed by atoms with van der Waals surface area (Å²) in [6, 6.07) is 6.74. The summed E-state index contributed by atoms with van der Waals surface area (Å²) in [6.07, 6.45) is 2.15. The zero-order valence-electron chi connectivity index (χ0n) is 12.3. The normalized spacial score (nSPS) is 14.6. The Balaban J connectivity index is 1.89. The molecule has 0 atom stereocenters. The van der Waals surface area contributed by atoms with Crippen molar-refractivity contribution in [1.82, 2.24) is 20.1 Å². The van der Waals surface area contributed by atoms with Crippen LogP contribution in [0.15, 0.2) is 33.0 Å². The molecule has 21 heavy (non-hydrogen) atoms. The van der Waals surface area contributed by atoms with Crippen molar-refractivity contribution < 1.29 is 0 Å². The molecule has 0 radical (unpaired) electrons. The van der Waals surface area contributed by atoms with Gasteiger partial charge in [0.2, 0.25) is 0 Å². The fourth-order valence-electron chi connectivity index (χ4n) is 2.32. The number of benzene rings is 1. The summed E-state index contributed by atoms with van der Waals surface area (Å²) in [5.41, 5.74) is 2.40. The van der Waals surface area contributed by atoms with Crippen LogP contribution in [0.3, 0.4) is 0 Å². The predicted molar refractivity (Wildman–Crippen MR) is 83.8 cm³/mol. The maximum Gasteiger partial charge on any atom is 0.344 e. The number of nitrogens with zero attached hydrogens (tertiary/aromatic N) is 2. The Morgan fingerprint density at radius 2 is 2.29 bits per heavy atom. The molecule has 0 saturated heterocycles. The van der Waals surface area contributed by atoms with Crippen LogP contribution in [0.1, 0.15) is 36.9 Å². The van der Waals surface area contributed by atoms with E-state index >= 15 is 0 Å². The topological polar surface area (TPSA) is 62.7 Å². The van der Waals surface area contributed by atoms with E-state index in [-0.39, 0.29) is 5.69 Å². The molecule has 1 aliphatic rings. The third-order valence-electron chi connectivity index (χ3n) is 3.57. The minimum absolute atomic E-state index is 0.0969. The number of aromatic nitrogens is 3. The summed E-state index contributed by atoms with van der Waals surface area (Å²) in [5, 5.41) is 10.9. The lowest BCUT2D eigenvalue weighted by molar-refractivity contribution is 0.642. The molecule has 3 rings (SSSR count). The van der Waals surface area contributed by atoms with E-state index < -0.39 is 0 Å². The summed E-state index contributed by atoms with van der Waals surface area (Å²) in [5.74, 6) is 0. The van der Waals surface area contributed by atoms with Crippen molar-refractivity contribution in [3.8, 4) is 0 Å². The van der Waals surface area contributed by atoms with E-state index in [0.29, 0.717) is 6.04 Å². The average Bonchev–Trinajstić information content (AvgIpc) is 3.24. The molecule has 2 aromatic rings. The van der Waals surface area contributed by atoms with Crippen molar-refractivity contribution >= 4 is 11.8 Å². The SMILES string of the molecule is CCNCc1cc(C)ccc1Sc1n[nH]c(=O)n1C1CC1. The van der Waals surface area contributed by atoms with Crippen LogP contribution in [-0.4, -0.2) is 21.3 Å². The second kappa shape index (κ2) is 6.07. The zero-order chi connectivity index (χ0) is 14.8. The summed E-state index contributed by atoms with van der Waals surface area (Å²) < 4.78 is 1.79. The highest BCUT2D eigenvalue weighted by atomic mass is 32.2. The van der Waals surface area contributed by atoms with Crippen molar-refractivity contribution in [3.63, 3.8) is 0 Å². The van der Waals surface area contributed by atoms with Gasteiger partial charge in [0.15, 0.2) is 5.16 Å². The molecule has 5 nitrogen and oxygen atoms in total. The number of rotatable bonds is 6. The molecule has 0 spiro atoms. The van der Waals surface area contributed by atoms with Crippen LogP contribution in [0.25, 0.3) is 0 Å². The average molecular weight is 304 g/mol. The predicted octanol–water partition coefficient (Wildman–Crippen LogP) is 2.48. The zero-order valence-corrected chi connectivity index (χ0v) is 13.2. The van der Waals surface area contributed by atoms with Gasteiger partial charge in [0.05, 0.1) is 0 Å². The molecule has 0 unspecified atom stereocenters. The molecular weight excluding hydrogens is 284 g/mol. The van der Waals surface area contributed by atoms with E-state index in [1.807, 2.05) is 0 Å². The van der Waals surface area contributed by atoms with Crippen LogP contribution in [0.4, 0.5) is 0 Å². The molecule has 1 fully saturated rings. The smallest absolute Gasteiger partial charge is 0.313 e. The van der Waals surface area contributed by atoms with Crippen LogP contribution >= 0.6 is 11.8 Å². The third kappa shape index (κ3) is 3.22. The Labute approximate surface area is 128 Å². The molecule has 1 heterocycles. The first-order valence-corrected chi connectivity index (χ1v) is 8.15. The molecule has 0 amide bonds. The first-order valence-electron chi connectivity index (χ1n) is 7.34. The minimum atomic E-state index is -0.0969. The Bertz CT molecular complexity index is 687. The number of hydrogen-bond acceptors (Lipinski definition) is 4. The maximum atomic E-state index is 11.8. The highest BCUT2D eigenvalue weighted by Crippen LogP contribution is 2.38. The van der Waals surface area contributed by atoms with E-state index in [4.69, 9.17) is 0 Å². The Morgan fingerprint density at radius 3 is 3.00 bits per heavy atom. The van der Waals surface area contributed by atoms with Crippen LogP contribution in [0, 0.1) is 6.92 Å². The van der Waals surface area contributed by atoms with Crippen LogP contribution < -0.4 is 11.0 Å². The van der Waals surface area contributed by atoms with Crippen molar-refractivity contribution in [2.24, 2.45) is 0 Å². The molecule has 112 valence electrons.